The Morgan fingerprint density at radius 1 is 1.12 bits per heavy atom. The molecule has 0 aliphatic carbocycles. The topological polar surface area (TPSA) is 117 Å². The van der Waals surface area contributed by atoms with Crippen molar-refractivity contribution in [3.63, 3.8) is 0 Å². The summed E-state index contributed by atoms with van der Waals surface area (Å²) in [6, 6.07) is 11.9. The average molecular weight is 615 g/mol. The molecule has 4 atom stereocenters. The van der Waals surface area contributed by atoms with Crippen LogP contribution < -0.4 is 20.7 Å². The Balaban J connectivity index is 1.70. The SMILES string of the molecule is COc1cc(C(=O)O)ccc1NC(=O)[C@H]1N[C@H](CC(C)(C)C)C2(C(=O)Nc3cc(Cl)ccc32)[C@@H]1c1cccc(Cl)c1F. The summed E-state index contributed by atoms with van der Waals surface area (Å²) >= 11 is 12.5. The van der Waals surface area contributed by atoms with Gasteiger partial charge in [0.2, 0.25) is 11.8 Å². The van der Waals surface area contributed by atoms with Crippen molar-refractivity contribution in [2.45, 2.75) is 50.6 Å². The van der Waals surface area contributed by atoms with E-state index < -0.39 is 41.1 Å². The van der Waals surface area contributed by atoms with E-state index in [-0.39, 0.29) is 38.9 Å². The summed E-state index contributed by atoms with van der Waals surface area (Å²) in [5.74, 6) is -3.73. The maximum Gasteiger partial charge on any atom is 0.335 e. The molecule has 1 fully saturated rings. The molecule has 0 aromatic heterocycles. The number of hydrogen-bond donors (Lipinski definition) is 4. The number of aromatic carboxylic acids is 1. The number of nitrogens with one attached hydrogen (secondary N) is 3. The number of benzene rings is 3. The van der Waals surface area contributed by atoms with Crippen molar-refractivity contribution in [1.29, 1.82) is 0 Å². The predicted octanol–water partition coefficient (Wildman–Crippen LogP) is 6.23. The zero-order valence-corrected chi connectivity index (χ0v) is 24.9. The maximum atomic E-state index is 15.9. The summed E-state index contributed by atoms with van der Waals surface area (Å²) < 4.78 is 21.3. The number of anilines is 2. The molecule has 2 aliphatic rings. The number of fused-ring (bicyclic) bond motifs is 2. The van der Waals surface area contributed by atoms with Gasteiger partial charge in [-0.25, -0.2) is 9.18 Å². The van der Waals surface area contributed by atoms with Crippen LogP contribution in [0.25, 0.3) is 0 Å². The number of carbonyl (C=O) groups is 3. The highest BCUT2D eigenvalue weighted by Gasteiger charge is 2.66. The van der Waals surface area contributed by atoms with Crippen LogP contribution >= 0.6 is 23.2 Å². The van der Waals surface area contributed by atoms with E-state index in [9.17, 15) is 19.5 Å². The molecule has 42 heavy (non-hydrogen) atoms. The Hall–Kier alpha value is -3.66. The summed E-state index contributed by atoms with van der Waals surface area (Å²) in [6.07, 6.45) is 0.460. The summed E-state index contributed by atoms with van der Waals surface area (Å²) in [5, 5.41) is 18.8. The van der Waals surface area contributed by atoms with Gasteiger partial charge in [-0.3, -0.25) is 9.59 Å². The second-order valence-electron chi connectivity index (χ2n) is 11.8. The molecule has 1 spiro atoms. The van der Waals surface area contributed by atoms with Crippen LogP contribution in [0.15, 0.2) is 54.6 Å². The Morgan fingerprint density at radius 2 is 1.86 bits per heavy atom. The Kier molecular flexibility index (Phi) is 7.72. The van der Waals surface area contributed by atoms with E-state index in [1.807, 2.05) is 20.8 Å². The standard InChI is InChI=1S/C31H30Cl2FN3O5/c1-30(2,3)14-23-31(18-10-9-16(32)13-21(18)36-29(31)41)24(17-6-5-7-19(33)25(17)34)26(37-23)27(38)35-20-11-8-15(28(39)40)12-22(20)42-4/h5-13,23-24,26,37H,14H2,1-4H3,(H,35,38)(H,36,41)(H,39,40)/t23-,24-,26+,31?/m1/s1. The highest BCUT2D eigenvalue weighted by atomic mass is 35.5. The summed E-state index contributed by atoms with van der Waals surface area (Å²) in [7, 11) is 1.36. The van der Waals surface area contributed by atoms with E-state index in [1.165, 1.54) is 31.4 Å². The molecule has 3 aromatic rings. The minimum absolute atomic E-state index is 0.0233. The van der Waals surface area contributed by atoms with Crippen LogP contribution in [0.3, 0.4) is 0 Å². The lowest BCUT2D eigenvalue weighted by Crippen LogP contribution is -2.49. The van der Waals surface area contributed by atoms with Crippen LogP contribution in [-0.4, -0.2) is 42.1 Å². The van der Waals surface area contributed by atoms with Crippen molar-refractivity contribution in [2.24, 2.45) is 5.41 Å². The molecule has 1 saturated heterocycles. The first-order valence-electron chi connectivity index (χ1n) is 13.3. The van der Waals surface area contributed by atoms with Crippen LogP contribution in [0.4, 0.5) is 15.8 Å². The number of carbonyl (C=O) groups excluding carboxylic acids is 2. The predicted molar refractivity (Wildman–Crippen MR) is 159 cm³/mol. The van der Waals surface area contributed by atoms with E-state index in [0.29, 0.717) is 22.7 Å². The van der Waals surface area contributed by atoms with Gasteiger partial charge in [0.15, 0.2) is 0 Å². The number of hydrogen-bond acceptors (Lipinski definition) is 5. The molecular formula is C31H30Cl2FN3O5. The molecule has 0 radical (unpaired) electrons. The van der Waals surface area contributed by atoms with E-state index in [2.05, 4.69) is 16.0 Å². The molecule has 2 heterocycles. The fourth-order valence-corrected chi connectivity index (χ4v) is 6.64. The van der Waals surface area contributed by atoms with Gasteiger partial charge in [-0.05, 0) is 59.4 Å². The van der Waals surface area contributed by atoms with Crippen LogP contribution in [0.5, 0.6) is 5.75 Å². The molecule has 0 saturated carbocycles. The van der Waals surface area contributed by atoms with E-state index in [0.717, 1.165) is 0 Å². The molecule has 0 bridgehead atoms. The molecule has 4 N–H and O–H groups in total. The molecule has 2 amide bonds. The largest absolute Gasteiger partial charge is 0.495 e. The Morgan fingerprint density at radius 3 is 2.52 bits per heavy atom. The van der Waals surface area contributed by atoms with Crippen LogP contribution in [0.1, 0.15) is 54.6 Å². The van der Waals surface area contributed by atoms with E-state index in [4.69, 9.17) is 27.9 Å². The van der Waals surface area contributed by atoms with Crippen LogP contribution in [0.2, 0.25) is 10.0 Å². The summed E-state index contributed by atoms with van der Waals surface area (Å²) in [4.78, 5) is 39.8. The third-order valence-corrected chi connectivity index (χ3v) is 8.45. The highest BCUT2D eigenvalue weighted by molar-refractivity contribution is 6.31. The van der Waals surface area contributed by atoms with Gasteiger partial charge in [0.1, 0.15) is 17.0 Å². The quantitative estimate of drug-likeness (QED) is 0.262. The summed E-state index contributed by atoms with van der Waals surface area (Å²) in [6.45, 7) is 6.07. The molecular weight excluding hydrogens is 584 g/mol. The maximum absolute atomic E-state index is 15.9. The fourth-order valence-electron chi connectivity index (χ4n) is 6.29. The Bertz CT molecular complexity index is 1610. The smallest absolute Gasteiger partial charge is 0.335 e. The normalized spacial score (nSPS) is 23.0. The van der Waals surface area contributed by atoms with Gasteiger partial charge in [-0.15, -0.1) is 0 Å². The second-order valence-corrected chi connectivity index (χ2v) is 12.6. The molecule has 11 heteroatoms. The first kappa shape index (κ1) is 29.8. The number of rotatable bonds is 6. The van der Waals surface area contributed by atoms with Gasteiger partial charge >= 0.3 is 5.97 Å². The van der Waals surface area contributed by atoms with Crippen molar-refractivity contribution in [3.8, 4) is 5.75 Å². The number of amides is 2. The highest BCUT2D eigenvalue weighted by Crippen LogP contribution is 2.57. The van der Waals surface area contributed by atoms with Gasteiger partial charge in [0.05, 0.1) is 29.4 Å². The van der Waals surface area contributed by atoms with Crippen molar-refractivity contribution in [2.75, 3.05) is 17.7 Å². The Labute approximate surface area is 252 Å². The van der Waals surface area contributed by atoms with Crippen molar-refractivity contribution >= 4 is 52.4 Å². The molecule has 3 aromatic carbocycles. The number of halogens is 3. The van der Waals surface area contributed by atoms with Gasteiger partial charge in [-0.2, -0.15) is 0 Å². The van der Waals surface area contributed by atoms with Crippen molar-refractivity contribution in [1.82, 2.24) is 5.32 Å². The molecule has 8 nitrogen and oxygen atoms in total. The molecule has 1 unspecified atom stereocenters. The third-order valence-electron chi connectivity index (χ3n) is 7.93. The fraction of sp³-hybridized carbons (Fsp3) is 0.323. The lowest BCUT2D eigenvalue weighted by Gasteiger charge is -2.37. The lowest BCUT2D eigenvalue weighted by molar-refractivity contribution is -0.122. The van der Waals surface area contributed by atoms with Crippen molar-refractivity contribution < 1.29 is 28.6 Å². The monoisotopic (exact) mass is 613 g/mol. The number of ether oxygens (including phenoxy) is 1. The van der Waals surface area contributed by atoms with E-state index in [1.54, 1.807) is 30.3 Å². The number of methoxy groups -OCH3 is 1. The molecule has 220 valence electrons. The van der Waals surface area contributed by atoms with Gasteiger partial charge < -0.3 is 25.8 Å². The zero-order valence-electron chi connectivity index (χ0n) is 23.3. The van der Waals surface area contributed by atoms with Crippen molar-refractivity contribution in [3.05, 3.63) is 87.2 Å². The van der Waals surface area contributed by atoms with Gasteiger partial charge in [0.25, 0.3) is 0 Å². The number of carboxylic acids is 1. The van der Waals surface area contributed by atoms with E-state index >= 15 is 4.39 Å². The second kappa shape index (κ2) is 10.9. The lowest BCUT2D eigenvalue weighted by atomic mass is 9.62. The van der Waals surface area contributed by atoms with Gasteiger partial charge in [-0.1, -0.05) is 62.2 Å². The van der Waals surface area contributed by atoms with Crippen LogP contribution in [0, 0.1) is 11.2 Å². The first-order valence-corrected chi connectivity index (χ1v) is 14.1. The number of carboxylic acid groups (broad SMARTS) is 1. The van der Waals surface area contributed by atoms with Crippen LogP contribution in [-0.2, 0) is 15.0 Å². The molecule has 5 rings (SSSR count). The first-order chi connectivity index (χ1) is 19.8. The third kappa shape index (κ3) is 4.99. The minimum Gasteiger partial charge on any atom is -0.495 e. The average Bonchev–Trinajstić information content (AvgIpc) is 3.39. The zero-order chi connectivity index (χ0) is 30.6. The minimum atomic E-state index is -1.40. The van der Waals surface area contributed by atoms with Gasteiger partial charge in [0, 0.05) is 22.7 Å². The molecule has 2 aliphatic heterocycles. The summed E-state index contributed by atoms with van der Waals surface area (Å²) in [5.41, 5.74) is -0.301.